The summed E-state index contributed by atoms with van der Waals surface area (Å²) in [5, 5.41) is 3.59. The molecule has 0 heterocycles. The summed E-state index contributed by atoms with van der Waals surface area (Å²) in [7, 11) is 0. The second-order valence-corrected chi connectivity index (χ2v) is 8.69. The van der Waals surface area contributed by atoms with Gasteiger partial charge in [0.2, 0.25) is 5.91 Å². The number of amides is 1. The van der Waals surface area contributed by atoms with E-state index in [1.807, 2.05) is 31.2 Å². The fraction of sp³-hybridized carbons (Fsp3) is 0.333. The number of aryl methyl sites for hydroxylation is 2. The van der Waals surface area contributed by atoms with Crippen LogP contribution in [0.3, 0.4) is 0 Å². The minimum atomic E-state index is -0.319. The standard InChI is InChI=1S/C27H30ClNO2/c1-5-8-19-11-17(3)26(21(6-2)12-19)27-18(4)22(14-24(27)30)15-25(31)29-16-20-9-7-10-23(28)13-20/h5,7-13,22,27H,4,6,14-16H2,1-3H3,(H,29,31)/b8-5+. The number of carbonyl (C=O) groups excluding carboxylic acids is 2. The average Bonchev–Trinajstić information content (AvgIpc) is 2.99. The molecule has 1 amide bonds. The molecule has 162 valence electrons. The first kappa shape index (κ1) is 23.0. The second kappa shape index (κ2) is 10.1. The smallest absolute Gasteiger partial charge is 0.220 e. The van der Waals surface area contributed by atoms with E-state index < -0.39 is 0 Å². The van der Waals surface area contributed by atoms with E-state index in [0.29, 0.717) is 18.0 Å². The van der Waals surface area contributed by atoms with Crippen LogP contribution in [0.4, 0.5) is 0 Å². The molecule has 0 spiro atoms. The lowest BCUT2D eigenvalue weighted by atomic mass is 9.83. The molecule has 3 rings (SSSR count). The number of halogens is 1. The Labute approximate surface area is 190 Å². The molecule has 1 fully saturated rings. The van der Waals surface area contributed by atoms with Crippen LogP contribution in [0.25, 0.3) is 6.08 Å². The molecule has 2 unspecified atom stereocenters. The molecule has 1 aliphatic carbocycles. The van der Waals surface area contributed by atoms with E-state index in [-0.39, 0.29) is 29.9 Å². The van der Waals surface area contributed by atoms with Gasteiger partial charge >= 0.3 is 0 Å². The topological polar surface area (TPSA) is 46.2 Å². The molecular formula is C27H30ClNO2. The maximum absolute atomic E-state index is 13.0. The van der Waals surface area contributed by atoms with Crippen LogP contribution in [0, 0.1) is 12.8 Å². The van der Waals surface area contributed by atoms with E-state index in [9.17, 15) is 9.59 Å². The summed E-state index contributed by atoms with van der Waals surface area (Å²) < 4.78 is 0. The third kappa shape index (κ3) is 5.34. The molecule has 1 N–H and O–H groups in total. The van der Waals surface area contributed by atoms with E-state index >= 15 is 0 Å². The zero-order chi connectivity index (χ0) is 22.5. The van der Waals surface area contributed by atoms with Gasteiger partial charge in [-0.2, -0.15) is 0 Å². The first-order valence-corrected chi connectivity index (χ1v) is 11.2. The molecule has 1 saturated carbocycles. The van der Waals surface area contributed by atoms with Gasteiger partial charge in [-0.15, -0.1) is 0 Å². The number of ketones is 1. The van der Waals surface area contributed by atoms with Crippen LogP contribution in [0.5, 0.6) is 0 Å². The van der Waals surface area contributed by atoms with E-state index in [4.69, 9.17) is 11.6 Å². The van der Waals surface area contributed by atoms with Gasteiger partial charge in [0.1, 0.15) is 5.78 Å². The van der Waals surface area contributed by atoms with Crippen molar-refractivity contribution in [3.05, 3.63) is 87.5 Å². The second-order valence-electron chi connectivity index (χ2n) is 8.25. The molecule has 2 aromatic carbocycles. The Hall–Kier alpha value is -2.65. The van der Waals surface area contributed by atoms with Crippen LogP contribution in [-0.2, 0) is 22.6 Å². The van der Waals surface area contributed by atoms with Gasteiger partial charge in [0, 0.05) is 24.4 Å². The quantitative estimate of drug-likeness (QED) is 0.528. The molecule has 1 aliphatic rings. The Bertz CT molecular complexity index is 1040. The Kier molecular flexibility index (Phi) is 7.50. The van der Waals surface area contributed by atoms with Crippen LogP contribution in [0.2, 0.25) is 5.02 Å². The summed E-state index contributed by atoms with van der Waals surface area (Å²) in [4.78, 5) is 25.6. The highest BCUT2D eigenvalue weighted by Gasteiger charge is 2.39. The lowest BCUT2D eigenvalue weighted by molar-refractivity contribution is -0.122. The summed E-state index contributed by atoms with van der Waals surface area (Å²) >= 11 is 6.01. The summed E-state index contributed by atoms with van der Waals surface area (Å²) in [5.41, 5.74) is 6.32. The molecule has 2 atom stereocenters. The van der Waals surface area contributed by atoms with Crippen LogP contribution in [0.1, 0.15) is 60.4 Å². The van der Waals surface area contributed by atoms with Crippen LogP contribution in [-0.4, -0.2) is 11.7 Å². The number of hydrogen-bond acceptors (Lipinski definition) is 2. The van der Waals surface area contributed by atoms with Crippen molar-refractivity contribution in [2.75, 3.05) is 0 Å². The third-order valence-corrected chi connectivity index (χ3v) is 6.23. The van der Waals surface area contributed by atoms with E-state index in [2.05, 4.69) is 44.0 Å². The van der Waals surface area contributed by atoms with Crippen molar-refractivity contribution in [1.29, 1.82) is 0 Å². The van der Waals surface area contributed by atoms with Crippen molar-refractivity contribution in [2.45, 2.75) is 52.5 Å². The summed E-state index contributed by atoms with van der Waals surface area (Å²) in [5.74, 6) is -0.360. The number of carbonyl (C=O) groups is 2. The number of Topliss-reactive ketones (excluding diaryl/α,β-unsaturated/α-hetero) is 1. The van der Waals surface area contributed by atoms with E-state index in [0.717, 1.165) is 34.2 Å². The summed E-state index contributed by atoms with van der Waals surface area (Å²) in [6, 6.07) is 11.7. The molecule has 0 bridgehead atoms. The Balaban J connectivity index is 1.73. The van der Waals surface area contributed by atoms with Gasteiger partial charge in [-0.05, 0) is 66.1 Å². The largest absolute Gasteiger partial charge is 0.352 e. The van der Waals surface area contributed by atoms with Crippen molar-refractivity contribution in [3.8, 4) is 0 Å². The molecule has 3 nitrogen and oxygen atoms in total. The Morgan fingerprint density at radius 2 is 2.06 bits per heavy atom. The van der Waals surface area contributed by atoms with Gasteiger partial charge in [0.05, 0.1) is 5.92 Å². The van der Waals surface area contributed by atoms with E-state index in [1.165, 1.54) is 5.56 Å². The lowest BCUT2D eigenvalue weighted by Gasteiger charge is -2.20. The monoisotopic (exact) mass is 435 g/mol. The highest BCUT2D eigenvalue weighted by molar-refractivity contribution is 6.30. The van der Waals surface area contributed by atoms with Crippen molar-refractivity contribution >= 4 is 29.4 Å². The van der Waals surface area contributed by atoms with Gasteiger partial charge < -0.3 is 5.32 Å². The normalized spacial score (nSPS) is 18.7. The predicted octanol–water partition coefficient (Wildman–Crippen LogP) is 6.18. The minimum absolute atomic E-state index is 0.0737. The first-order chi connectivity index (χ1) is 14.8. The average molecular weight is 436 g/mol. The molecule has 31 heavy (non-hydrogen) atoms. The zero-order valence-corrected chi connectivity index (χ0v) is 19.3. The Morgan fingerprint density at radius 1 is 1.29 bits per heavy atom. The summed E-state index contributed by atoms with van der Waals surface area (Å²) in [6.07, 6.45) is 5.59. The summed E-state index contributed by atoms with van der Waals surface area (Å²) in [6.45, 7) is 10.9. The van der Waals surface area contributed by atoms with Crippen molar-refractivity contribution in [1.82, 2.24) is 5.32 Å². The van der Waals surface area contributed by atoms with E-state index in [1.54, 1.807) is 6.07 Å². The minimum Gasteiger partial charge on any atom is -0.352 e. The molecular weight excluding hydrogens is 406 g/mol. The van der Waals surface area contributed by atoms with Crippen molar-refractivity contribution in [2.24, 2.45) is 5.92 Å². The van der Waals surface area contributed by atoms with Crippen LogP contribution < -0.4 is 5.32 Å². The van der Waals surface area contributed by atoms with Gasteiger partial charge in [-0.1, -0.05) is 67.1 Å². The van der Waals surface area contributed by atoms with Crippen LogP contribution >= 0.6 is 11.6 Å². The fourth-order valence-corrected chi connectivity index (χ4v) is 4.74. The molecule has 0 radical (unpaired) electrons. The Morgan fingerprint density at radius 3 is 2.74 bits per heavy atom. The van der Waals surface area contributed by atoms with Crippen LogP contribution in [0.15, 0.2) is 54.6 Å². The highest BCUT2D eigenvalue weighted by Crippen LogP contribution is 2.43. The molecule has 0 aromatic heterocycles. The maximum Gasteiger partial charge on any atom is 0.220 e. The predicted molar refractivity (Wildman–Crippen MR) is 128 cm³/mol. The number of rotatable bonds is 7. The van der Waals surface area contributed by atoms with Gasteiger partial charge in [0.15, 0.2) is 0 Å². The fourth-order valence-electron chi connectivity index (χ4n) is 4.52. The van der Waals surface area contributed by atoms with Crippen molar-refractivity contribution < 1.29 is 9.59 Å². The molecule has 0 saturated heterocycles. The molecule has 4 heteroatoms. The van der Waals surface area contributed by atoms with Gasteiger partial charge in [-0.3, -0.25) is 9.59 Å². The third-order valence-electron chi connectivity index (χ3n) is 6.00. The van der Waals surface area contributed by atoms with Gasteiger partial charge in [0.25, 0.3) is 0 Å². The lowest BCUT2D eigenvalue weighted by Crippen LogP contribution is -2.25. The van der Waals surface area contributed by atoms with Gasteiger partial charge in [-0.25, -0.2) is 0 Å². The number of benzene rings is 2. The molecule has 2 aromatic rings. The maximum atomic E-state index is 13.0. The molecule has 0 aliphatic heterocycles. The first-order valence-electron chi connectivity index (χ1n) is 10.8. The zero-order valence-electron chi connectivity index (χ0n) is 18.5. The van der Waals surface area contributed by atoms with Crippen molar-refractivity contribution in [3.63, 3.8) is 0 Å². The number of allylic oxidation sites excluding steroid dienone is 2. The number of nitrogens with one attached hydrogen (secondary N) is 1. The highest BCUT2D eigenvalue weighted by atomic mass is 35.5. The number of hydrogen-bond donors (Lipinski definition) is 1. The SMILES string of the molecule is C=C1C(CC(=O)NCc2cccc(Cl)c2)CC(=O)C1c1c(C)cc(/C=C/C)cc1CC.